The fourth-order valence-corrected chi connectivity index (χ4v) is 2.29. The third-order valence-electron chi connectivity index (χ3n) is 3.16. The molecule has 1 amide bonds. The average Bonchev–Trinajstić information content (AvgIpc) is 2.42. The first kappa shape index (κ1) is 18.2. The molecule has 6 heteroatoms. The number of hydrogen-bond acceptors (Lipinski definition) is 3. The molecule has 0 fully saturated rings. The molecule has 0 saturated heterocycles. The quantitative estimate of drug-likeness (QED) is 0.766. The van der Waals surface area contributed by atoms with Crippen LogP contribution in [-0.4, -0.2) is 41.7 Å². The van der Waals surface area contributed by atoms with E-state index in [4.69, 9.17) is 28.3 Å². The monoisotopic (exact) mass is 332 g/mol. The van der Waals surface area contributed by atoms with Crippen molar-refractivity contribution in [3.05, 3.63) is 28.2 Å². The molecule has 1 rings (SSSR count). The van der Waals surface area contributed by atoms with Crippen molar-refractivity contribution in [2.75, 3.05) is 25.0 Å². The third kappa shape index (κ3) is 6.66. The van der Waals surface area contributed by atoms with Gasteiger partial charge in [-0.25, -0.2) is 0 Å². The minimum Gasteiger partial charge on any atom is -0.396 e. The van der Waals surface area contributed by atoms with Crippen LogP contribution in [-0.2, 0) is 4.79 Å². The number of aliphatic hydroxyl groups is 1. The molecule has 4 nitrogen and oxygen atoms in total. The van der Waals surface area contributed by atoms with Crippen LogP contribution in [0.15, 0.2) is 18.2 Å². The van der Waals surface area contributed by atoms with Crippen LogP contribution in [0.25, 0.3) is 0 Å². The molecule has 0 aliphatic heterocycles. The van der Waals surface area contributed by atoms with Crippen molar-refractivity contribution in [1.82, 2.24) is 4.90 Å². The zero-order valence-corrected chi connectivity index (χ0v) is 13.9. The lowest BCUT2D eigenvalue weighted by Gasteiger charge is -2.25. The lowest BCUT2D eigenvalue weighted by molar-refractivity contribution is -0.116. The van der Waals surface area contributed by atoms with E-state index in [1.54, 1.807) is 18.2 Å². The molecule has 0 bridgehead atoms. The van der Waals surface area contributed by atoms with E-state index in [0.29, 0.717) is 41.2 Å². The zero-order chi connectivity index (χ0) is 15.8. The maximum atomic E-state index is 12.0. The minimum atomic E-state index is -0.103. The van der Waals surface area contributed by atoms with E-state index in [0.717, 1.165) is 6.54 Å². The highest BCUT2D eigenvalue weighted by Crippen LogP contribution is 2.25. The van der Waals surface area contributed by atoms with Crippen molar-refractivity contribution < 1.29 is 9.90 Å². The first-order valence-electron chi connectivity index (χ1n) is 7.04. The molecule has 0 unspecified atom stereocenters. The Morgan fingerprint density at radius 1 is 1.33 bits per heavy atom. The molecule has 1 aromatic carbocycles. The van der Waals surface area contributed by atoms with Crippen LogP contribution in [0.2, 0.25) is 10.0 Å². The summed E-state index contributed by atoms with van der Waals surface area (Å²) in [5, 5.41) is 12.7. The van der Waals surface area contributed by atoms with Gasteiger partial charge in [0.2, 0.25) is 5.91 Å². The summed E-state index contributed by atoms with van der Waals surface area (Å²) in [6.45, 7) is 5.72. The molecule has 0 heterocycles. The van der Waals surface area contributed by atoms with Gasteiger partial charge in [0.25, 0.3) is 0 Å². The molecule has 0 aliphatic carbocycles. The molecule has 0 atom stereocenters. The lowest BCUT2D eigenvalue weighted by atomic mass is 10.2. The number of rotatable bonds is 8. The summed E-state index contributed by atoms with van der Waals surface area (Å²) in [6.07, 6.45) is 1.08. The van der Waals surface area contributed by atoms with E-state index in [9.17, 15) is 4.79 Å². The van der Waals surface area contributed by atoms with E-state index >= 15 is 0 Å². The Kier molecular flexibility index (Phi) is 8.04. The van der Waals surface area contributed by atoms with Gasteiger partial charge in [0.05, 0.1) is 10.7 Å². The highest BCUT2D eigenvalue weighted by atomic mass is 35.5. The summed E-state index contributed by atoms with van der Waals surface area (Å²) in [6, 6.07) is 5.29. The van der Waals surface area contributed by atoms with E-state index < -0.39 is 0 Å². The summed E-state index contributed by atoms with van der Waals surface area (Å²) < 4.78 is 0. The lowest BCUT2D eigenvalue weighted by Crippen LogP contribution is -2.35. The Hall–Kier alpha value is -0.810. The van der Waals surface area contributed by atoms with Crippen molar-refractivity contribution in [2.24, 2.45) is 0 Å². The van der Waals surface area contributed by atoms with Crippen molar-refractivity contribution in [1.29, 1.82) is 0 Å². The molecular weight excluding hydrogens is 311 g/mol. The van der Waals surface area contributed by atoms with Gasteiger partial charge in [0.1, 0.15) is 0 Å². The molecule has 0 aromatic heterocycles. The number of halogens is 2. The highest BCUT2D eigenvalue weighted by molar-refractivity contribution is 6.35. The van der Waals surface area contributed by atoms with Crippen LogP contribution in [0.4, 0.5) is 5.69 Å². The van der Waals surface area contributed by atoms with Crippen LogP contribution in [0, 0.1) is 0 Å². The van der Waals surface area contributed by atoms with Crippen LogP contribution in [0.1, 0.15) is 26.7 Å². The number of nitrogens with one attached hydrogen (secondary N) is 1. The summed E-state index contributed by atoms with van der Waals surface area (Å²) in [5.41, 5.74) is 0.528. The third-order valence-corrected chi connectivity index (χ3v) is 3.73. The molecule has 0 radical (unpaired) electrons. The maximum Gasteiger partial charge on any atom is 0.225 e. The van der Waals surface area contributed by atoms with E-state index in [-0.39, 0.29) is 12.5 Å². The van der Waals surface area contributed by atoms with Crippen molar-refractivity contribution in [3.8, 4) is 0 Å². The second kappa shape index (κ2) is 9.26. The smallest absolute Gasteiger partial charge is 0.225 e. The van der Waals surface area contributed by atoms with Gasteiger partial charge >= 0.3 is 0 Å². The predicted molar refractivity (Wildman–Crippen MR) is 88.1 cm³/mol. The fourth-order valence-electron chi connectivity index (χ4n) is 1.95. The second-order valence-corrected chi connectivity index (χ2v) is 5.97. The van der Waals surface area contributed by atoms with Gasteiger partial charge in [-0.15, -0.1) is 0 Å². The topological polar surface area (TPSA) is 52.6 Å². The van der Waals surface area contributed by atoms with Crippen molar-refractivity contribution in [3.63, 3.8) is 0 Å². The number of carbonyl (C=O) groups excluding carboxylic acids is 1. The van der Waals surface area contributed by atoms with Crippen molar-refractivity contribution in [2.45, 2.75) is 32.7 Å². The van der Waals surface area contributed by atoms with Gasteiger partial charge in [0.15, 0.2) is 0 Å². The molecule has 0 aliphatic rings. The first-order chi connectivity index (χ1) is 9.93. The van der Waals surface area contributed by atoms with Crippen LogP contribution < -0.4 is 5.32 Å². The van der Waals surface area contributed by atoms with E-state index in [1.807, 2.05) is 0 Å². The van der Waals surface area contributed by atoms with Gasteiger partial charge in [0, 0.05) is 37.2 Å². The number of benzene rings is 1. The first-order valence-corrected chi connectivity index (χ1v) is 7.79. The van der Waals surface area contributed by atoms with E-state index in [1.165, 1.54) is 0 Å². The van der Waals surface area contributed by atoms with Crippen LogP contribution in [0.3, 0.4) is 0 Å². The fraction of sp³-hybridized carbons (Fsp3) is 0.533. The number of amides is 1. The summed E-state index contributed by atoms with van der Waals surface area (Å²) in [5.74, 6) is -0.103. The number of hydrogen-bond donors (Lipinski definition) is 2. The Balaban J connectivity index is 2.50. The van der Waals surface area contributed by atoms with Gasteiger partial charge in [-0.1, -0.05) is 23.2 Å². The maximum absolute atomic E-state index is 12.0. The normalized spacial score (nSPS) is 11.2. The zero-order valence-electron chi connectivity index (χ0n) is 12.4. The largest absolute Gasteiger partial charge is 0.396 e. The van der Waals surface area contributed by atoms with Crippen LogP contribution >= 0.6 is 23.2 Å². The standard InChI is InChI=1S/C15H22Cl2N2O2/c1-11(2)19(7-3-9-20)8-6-15(21)18-14-10-12(16)4-5-13(14)17/h4-5,10-11,20H,3,6-9H2,1-2H3,(H,18,21). The molecule has 1 aromatic rings. The van der Waals surface area contributed by atoms with Crippen molar-refractivity contribution >= 4 is 34.8 Å². The van der Waals surface area contributed by atoms with E-state index in [2.05, 4.69) is 24.1 Å². The van der Waals surface area contributed by atoms with Gasteiger partial charge in [-0.05, 0) is 38.5 Å². The number of carbonyl (C=O) groups is 1. The molecule has 118 valence electrons. The Labute approximate surface area is 136 Å². The SMILES string of the molecule is CC(C)N(CCCO)CCC(=O)Nc1cc(Cl)ccc1Cl. The summed E-state index contributed by atoms with van der Waals surface area (Å²) in [4.78, 5) is 14.2. The Bertz CT molecular complexity index is 467. The van der Waals surface area contributed by atoms with Gasteiger partial charge in [-0.2, -0.15) is 0 Å². The van der Waals surface area contributed by atoms with Gasteiger partial charge in [-0.3, -0.25) is 4.79 Å². The Morgan fingerprint density at radius 3 is 2.67 bits per heavy atom. The molecule has 2 N–H and O–H groups in total. The highest BCUT2D eigenvalue weighted by Gasteiger charge is 2.12. The summed E-state index contributed by atoms with van der Waals surface area (Å²) in [7, 11) is 0. The average molecular weight is 333 g/mol. The number of nitrogens with zero attached hydrogens (tertiary/aromatic N) is 1. The van der Waals surface area contributed by atoms with Crippen LogP contribution in [0.5, 0.6) is 0 Å². The summed E-state index contributed by atoms with van der Waals surface area (Å²) >= 11 is 11.9. The molecular formula is C15H22Cl2N2O2. The molecule has 21 heavy (non-hydrogen) atoms. The minimum absolute atomic E-state index is 0.103. The second-order valence-electron chi connectivity index (χ2n) is 5.13. The number of aliphatic hydroxyl groups excluding tert-OH is 1. The molecule has 0 saturated carbocycles. The number of anilines is 1. The predicted octanol–water partition coefficient (Wildman–Crippen LogP) is 3.41. The molecule has 0 spiro atoms. The Morgan fingerprint density at radius 2 is 2.05 bits per heavy atom. The van der Waals surface area contributed by atoms with Gasteiger partial charge < -0.3 is 15.3 Å².